The molecular weight excluding hydrogens is 320 g/mol. The molecule has 1 heterocycles. The molecule has 0 aliphatic carbocycles. The van der Waals surface area contributed by atoms with Crippen molar-refractivity contribution >= 4 is 17.5 Å². The Labute approximate surface area is 147 Å². The fourth-order valence-corrected chi connectivity index (χ4v) is 2.25. The van der Waals surface area contributed by atoms with Crippen LogP contribution in [-0.2, 0) is 22.7 Å². The van der Waals surface area contributed by atoms with E-state index in [1.54, 1.807) is 49.3 Å². The molecule has 2 rings (SSSR count). The highest BCUT2D eigenvalue weighted by Gasteiger charge is 2.13. The van der Waals surface area contributed by atoms with Crippen LogP contribution in [0.1, 0.15) is 26.1 Å². The number of likely N-dealkylation sites (N-methyl/N-ethyl adjacent to an activating group) is 1. The maximum absolute atomic E-state index is 12.2. The molecule has 0 spiro atoms. The van der Waals surface area contributed by atoms with E-state index in [-0.39, 0.29) is 18.4 Å². The number of aryl methyl sites for hydroxylation is 1. The number of nitrogens with zero attached hydrogens (tertiary/aromatic N) is 3. The SMILES string of the molecule is CCC(=O)Nc1cccc(OCC(=O)N(C)Cc2nccn2CC)c1. The minimum absolute atomic E-state index is 0.0700. The van der Waals surface area contributed by atoms with Gasteiger partial charge in [-0.2, -0.15) is 0 Å². The third kappa shape index (κ3) is 5.34. The number of hydrogen-bond acceptors (Lipinski definition) is 4. The number of aromatic nitrogens is 2. The first-order valence-electron chi connectivity index (χ1n) is 8.30. The maximum atomic E-state index is 12.2. The second-order valence-electron chi connectivity index (χ2n) is 5.60. The van der Waals surface area contributed by atoms with E-state index in [4.69, 9.17) is 4.74 Å². The molecule has 2 aromatic rings. The molecule has 0 fully saturated rings. The van der Waals surface area contributed by atoms with Crippen LogP contribution >= 0.6 is 0 Å². The van der Waals surface area contributed by atoms with E-state index < -0.39 is 0 Å². The average Bonchev–Trinajstić information content (AvgIpc) is 3.06. The van der Waals surface area contributed by atoms with Gasteiger partial charge in [0.1, 0.15) is 11.6 Å². The third-order valence-corrected chi connectivity index (χ3v) is 3.75. The fourth-order valence-electron chi connectivity index (χ4n) is 2.25. The Morgan fingerprint density at radius 2 is 2.12 bits per heavy atom. The fraction of sp³-hybridized carbons (Fsp3) is 0.389. The van der Waals surface area contributed by atoms with E-state index in [0.29, 0.717) is 24.4 Å². The zero-order valence-corrected chi connectivity index (χ0v) is 14.9. The quantitative estimate of drug-likeness (QED) is 0.797. The lowest BCUT2D eigenvalue weighted by Crippen LogP contribution is -2.32. The molecule has 7 nitrogen and oxygen atoms in total. The van der Waals surface area contributed by atoms with Gasteiger partial charge in [-0.15, -0.1) is 0 Å². The topological polar surface area (TPSA) is 76.5 Å². The Hall–Kier alpha value is -2.83. The van der Waals surface area contributed by atoms with Gasteiger partial charge in [-0.05, 0) is 19.1 Å². The van der Waals surface area contributed by atoms with Crippen molar-refractivity contribution in [1.82, 2.24) is 14.5 Å². The summed E-state index contributed by atoms with van der Waals surface area (Å²) in [6.07, 6.45) is 4.02. The predicted octanol–water partition coefficient (Wildman–Crippen LogP) is 2.29. The van der Waals surface area contributed by atoms with E-state index in [2.05, 4.69) is 10.3 Å². The first-order valence-corrected chi connectivity index (χ1v) is 8.30. The van der Waals surface area contributed by atoms with Crippen LogP contribution < -0.4 is 10.1 Å². The van der Waals surface area contributed by atoms with Crippen LogP contribution in [0.4, 0.5) is 5.69 Å². The van der Waals surface area contributed by atoms with E-state index in [0.717, 1.165) is 12.4 Å². The molecule has 1 aromatic carbocycles. The van der Waals surface area contributed by atoms with Crippen molar-refractivity contribution in [3.63, 3.8) is 0 Å². The van der Waals surface area contributed by atoms with Gasteiger partial charge < -0.3 is 19.5 Å². The number of benzene rings is 1. The van der Waals surface area contributed by atoms with Crippen LogP contribution in [0.25, 0.3) is 0 Å². The lowest BCUT2D eigenvalue weighted by molar-refractivity contribution is -0.132. The number of rotatable bonds is 8. The minimum atomic E-state index is -0.145. The van der Waals surface area contributed by atoms with Crippen molar-refractivity contribution in [3.05, 3.63) is 42.5 Å². The first-order chi connectivity index (χ1) is 12.0. The van der Waals surface area contributed by atoms with Gasteiger partial charge in [-0.25, -0.2) is 4.98 Å². The molecule has 25 heavy (non-hydrogen) atoms. The summed E-state index contributed by atoms with van der Waals surface area (Å²) in [5.74, 6) is 1.15. The van der Waals surface area contributed by atoms with Crippen molar-refractivity contribution in [2.75, 3.05) is 19.0 Å². The highest BCUT2D eigenvalue weighted by Crippen LogP contribution is 2.17. The molecule has 2 amide bonds. The molecule has 7 heteroatoms. The molecule has 0 radical (unpaired) electrons. The van der Waals surface area contributed by atoms with Crippen LogP contribution in [0.15, 0.2) is 36.7 Å². The first kappa shape index (κ1) is 18.5. The number of ether oxygens (including phenoxy) is 1. The van der Waals surface area contributed by atoms with Crippen molar-refractivity contribution in [3.8, 4) is 5.75 Å². The Morgan fingerprint density at radius 3 is 2.84 bits per heavy atom. The second-order valence-corrected chi connectivity index (χ2v) is 5.60. The smallest absolute Gasteiger partial charge is 0.260 e. The molecular formula is C18H24N4O3. The zero-order valence-electron chi connectivity index (χ0n) is 14.9. The van der Waals surface area contributed by atoms with Crippen molar-refractivity contribution in [2.45, 2.75) is 33.4 Å². The molecule has 0 unspecified atom stereocenters. The van der Waals surface area contributed by atoms with Crippen LogP contribution in [-0.4, -0.2) is 39.9 Å². The van der Waals surface area contributed by atoms with E-state index >= 15 is 0 Å². The lowest BCUT2D eigenvalue weighted by atomic mass is 10.3. The van der Waals surface area contributed by atoms with Crippen molar-refractivity contribution < 1.29 is 14.3 Å². The highest BCUT2D eigenvalue weighted by molar-refractivity contribution is 5.90. The number of carbonyl (C=O) groups excluding carboxylic acids is 2. The highest BCUT2D eigenvalue weighted by atomic mass is 16.5. The zero-order chi connectivity index (χ0) is 18.2. The summed E-state index contributed by atoms with van der Waals surface area (Å²) < 4.78 is 7.54. The third-order valence-electron chi connectivity index (χ3n) is 3.75. The largest absolute Gasteiger partial charge is 0.484 e. The van der Waals surface area contributed by atoms with Gasteiger partial charge >= 0.3 is 0 Å². The van der Waals surface area contributed by atoms with E-state index in [9.17, 15) is 9.59 Å². The standard InChI is InChI=1S/C18H24N4O3/c1-4-17(23)20-14-7-6-8-15(11-14)25-13-18(24)21(3)12-16-19-9-10-22(16)5-2/h6-11H,4-5,12-13H2,1-3H3,(H,20,23). The number of hydrogen-bond donors (Lipinski definition) is 1. The number of imidazole rings is 1. The van der Waals surface area contributed by atoms with Crippen molar-refractivity contribution in [2.24, 2.45) is 0 Å². The summed E-state index contributed by atoms with van der Waals surface area (Å²) in [5, 5.41) is 2.76. The van der Waals surface area contributed by atoms with E-state index in [1.807, 2.05) is 17.7 Å². The summed E-state index contributed by atoms with van der Waals surface area (Å²) in [6, 6.07) is 7.00. The Balaban J connectivity index is 1.88. The van der Waals surface area contributed by atoms with Gasteiger partial charge in [0.2, 0.25) is 5.91 Å². The number of carbonyl (C=O) groups is 2. The average molecular weight is 344 g/mol. The normalized spacial score (nSPS) is 10.4. The number of nitrogens with one attached hydrogen (secondary N) is 1. The van der Waals surface area contributed by atoms with Gasteiger partial charge in [0.05, 0.1) is 6.54 Å². The summed E-state index contributed by atoms with van der Waals surface area (Å²) in [5.41, 5.74) is 0.648. The maximum Gasteiger partial charge on any atom is 0.260 e. The number of anilines is 1. The van der Waals surface area contributed by atoms with Crippen LogP contribution in [0.3, 0.4) is 0 Å². The van der Waals surface area contributed by atoms with Crippen LogP contribution in [0, 0.1) is 0 Å². The lowest BCUT2D eigenvalue weighted by Gasteiger charge is -2.18. The van der Waals surface area contributed by atoms with Crippen molar-refractivity contribution in [1.29, 1.82) is 0 Å². The Morgan fingerprint density at radius 1 is 1.32 bits per heavy atom. The van der Waals surface area contributed by atoms with Crippen LogP contribution in [0.5, 0.6) is 5.75 Å². The minimum Gasteiger partial charge on any atom is -0.484 e. The molecule has 0 saturated heterocycles. The van der Waals surface area contributed by atoms with Gasteiger partial charge in [-0.1, -0.05) is 13.0 Å². The van der Waals surface area contributed by atoms with Gasteiger partial charge in [0.15, 0.2) is 6.61 Å². The second kappa shape index (κ2) is 8.86. The molecule has 0 saturated carbocycles. The Kier molecular flexibility index (Phi) is 6.56. The molecule has 0 aliphatic heterocycles. The molecule has 1 N–H and O–H groups in total. The molecule has 0 aliphatic rings. The Bertz CT molecular complexity index is 727. The molecule has 0 atom stereocenters. The predicted molar refractivity (Wildman–Crippen MR) is 95.2 cm³/mol. The summed E-state index contributed by atoms with van der Waals surface area (Å²) >= 11 is 0. The summed E-state index contributed by atoms with van der Waals surface area (Å²) in [4.78, 5) is 29.5. The van der Waals surface area contributed by atoms with Gasteiger partial charge in [0.25, 0.3) is 5.91 Å². The van der Waals surface area contributed by atoms with E-state index in [1.165, 1.54) is 0 Å². The van der Waals surface area contributed by atoms with Crippen LogP contribution in [0.2, 0.25) is 0 Å². The van der Waals surface area contributed by atoms with Gasteiger partial charge in [0, 0.05) is 44.2 Å². The molecule has 0 bridgehead atoms. The summed E-state index contributed by atoms with van der Waals surface area (Å²) in [7, 11) is 1.72. The molecule has 1 aromatic heterocycles. The monoisotopic (exact) mass is 344 g/mol. The van der Waals surface area contributed by atoms with Gasteiger partial charge in [-0.3, -0.25) is 9.59 Å². The summed E-state index contributed by atoms with van der Waals surface area (Å²) in [6.45, 7) is 4.97. The number of amides is 2. The molecule has 134 valence electrons.